The van der Waals surface area contributed by atoms with E-state index in [0.29, 0.717) is 11.5 Å². The molecule has 6 nitrogen and oxygen atoms in total. The molecule has 10 heteroatoms. The van der Waals surface area contributed by atoms with E-state index in [2.05, 4.69) is 72.4 Å². The first-order valence-electron chi connectivity index (χ1n) is 20.9. The Morgan fingerprint density at radius 1 is 0.532 bits per heavy atom. The maximum absolute atomic E-state index is 11.5. The molecule has 6 aromatic carbocycles. The van der Waals surface area contributed by atoms with Gasteiger partial charge in [0.1, 0.15) is 11.5 Å². The predicted octanol–water partition coefficient (Wildman–Crippen LogP) is 13.0. The van der Waals surface area contributed by atoms with Crippen LogP contribution in [0.5, 0.6) is 11.5 Å². The lowest BCUT2D eigenvalue weighted by Gasteiger charge is -2.25. The van der Waals surface area contributed by atoms with E-state index in [1.807, 2.05) is 84.9 Å². The van der Waals surface area contributed by atoms with E-state index in [1.165, 1.54) is 40.5 Å². The van der Waals surface area contributed by atoms with Crippen LogP contribution in [-0.4, -0.2) is 74.4 Å². The summed E-state index contributed by atoms with van der Waals surface area (Å²) in [5, 5.41) is 12.4. The van der Waals surface area contributed by atoms with E-state index in [0.717, 1.165) is 72.0 Å². The van der Waals surface area contributed by atoms with Gasteiger partial charge in [-0.15, -0.1) is 0 Å². The molecule has 0 bridgehead atoms. The number of halogens is 4. The normalized spacial score (nSPS) is 11.7. The van der Waals surface area contributed by atoms with Crippen LogP contribution in [0.15, 0.2) is 146 Å². The van der Waals surface area contributed by atoms with Crippen molar-refractivity contribution in [3.05, 3.63) is 199 Å². The van der Waals surface area contributed by atoms with Crippen LogP contribution in [0.1, 0.15) is 65.0 Å². The van der Waals surface area contributed by atoms with Crippen LogP contribution in [0.25, 0.3) is 0 Å². The highest BCUT2D eigenvalue weighted by molar-refractivity contribution is 6.31. The van der Waals surface area contributed by atoms with Crippen LogP contribution in [0.2, 0.25) is 20.1 Å². The van der Waals surface area contributed by atoms with Gasteiger partial charge in [-0.25, -0.2) is 4.79 Å². The molecule has 0 fully saturated rings. The van der Waals surface area contributed by atoms with Gasteiger partial charge in [-0.3, -0.25) is 0 Å². The van der Waals surface area contributed by atoms with Crippen molar-refractivity contribution >= 4 is 52.4 Å². The second-order valence-electron chi connectivity index (χ2n) is 15.6. The molecule has 0 saturated carbocycles. The van der Waals surface area contributed by atoms with Gasteiger partial charge in [0.15, 0.2) is 6.10 Å². The fourth-order valence-corrected chi connectivity index (χ4v) is 7.82. The molecule has 1 N–H and O–H groups in total. The number of benzene rings is 6. The van der Waals surface area contributed by atoms with Crippen LogP contribution < -0.4 is 4.74 Å². The van der Waals surface area contributed by atoms with E-state index >= 15 is 0 Å². The quantitative estimate of drug-likeness (QED) is 0.0817. The first-order valence-corrected chi connectivity index (χ1v) is 22.4. The van der Waals surface area contributed by atoms with Crippen molar-refractivity contribution < 1.29 is 19.4 Å². The zero-order chi connectivity index (χ0) is 44.4. The topological polar surface area (TPSA) is 62.2 Å². The number of nitrogens with zero attached hydrogens (tertiary/aromatic N) is 2. The summed E-state index contributed by atoms with van der Waals surface area (Å²) >= 11 is 24.4. The number of methoxy groups -OCH3 is 1. The van der Waals surface area contributed by atoms with Crippen LogP contribution >= 0.6 is 46.4 Å². The summed E-state index contributed by atoms with van der Waals surface area (Å²) in [5.41, 5.74) is 7.44. The highest BCUT2D eigenvalue weighted by Gasteiger charge is 2.19. The Kier molecular flexibility index (Phi) is 19.5. The second-order valence-corrected chi connectivity index (χ2v) is 17.4. The fourth-order valence-electron chi connectivity index (χ4n) is 7.31. The van der Waals surface area contributed by atoms with Crippen LogP contribution in [0, 0.1) is 0 Å². The number of carbonyl (C=O) groups is 1. The number of esters is 1. The molecule has 1 atom stereocenters. The SMILES string of the molecule is CN(CCCc1ccc(O)cc1)CC(c1ccc(Cl)cc1)c1ccc(Cl)cc1.COC(=O)C(C)Oc1ccc(CCCN(C)CC(c2ccc(Cl)cc2)c2ccc(Cl)cc2)cc1. The third-order valence-electron chi connectivity index (χ3n) is 10.8. The Morgan fingerprint density at radius 2 is 0.855 bits per heavy atom. The third-order valence-corrected chi connectivity index (χ3v) is 11.8. The lowest BCUT2D eigenvalue weighted by atomic mass is 9.91. The summed E-state index contributed by atoms with van der Waals surface area (Å²) in [6.07, 6.45) is 3.43. The fraction of sp³-hybridized carbons (Fsp3) is 0.288. The molecule has 0 aliphatic rings. The first-order chi connectivity index (χ1) is 29.9. The Balaban J connectivity index is 0.000000238. The summed E-state index contributed by atoms with van der Waals surface area (Å²) in [6.45, 7) is 5.45. The van der Waals surface area contributed by atoms with Crippen molar-refractivity contribution in [2.75, 3.05) is 47.4 Å². The summed E-state index contributed by atoms with van der Waals surface area (Å²) in [4.78, 5) is 16.2. The number of phenols is 1. The standard InChI is InChI=1S/C28H31Cl2NO3.C24H25Cl2NO/c1-20(28(32)33-3)34-26-16-6-21(7-17-26)5-4-18-31(2)19-27(22-8-12-24(29)13-9-22)23-10-14-25(30)15-11-23;1-27(16-2-3-18-4-14-23(28)15-5-18)17-24(19-6-10-21(25)11-7-19)20-8-12-22(26)13-9-20/h6-17,20,27H,4-5,18-19H2,1-3H3;4-15,24,28H,2-3,16-17H2,1H3. The van der Waals surface area contributed by atoms with E-state index in [-0.39, 0.29) is 17.8 Å². The summed E-state index contributed by atoms with van der Waals surface area (Å²) < 4.78 is 10.3. The van der Waals surface area contributed by atoms with Crippen molar-refractivity contribution in [3.63, 3.8) is 0 Å². The maximum Gasteiger partial charge on any atom is 0.346 e. The number of rotatable bonds is 19. The highest BCUT2D eigenvalue weighted by Crippen LogP contribution is 2.30. The molecule has 1 unspecified atom stereocenters. The van der Waals surface area contributed by atoms with Gasteiger partial charge < -0.3 is 24.4 Å². The van der Waals surface area contributed by atoms with Crippen molar-refractivity contribution in [1.82, 2.24) is 9.80 Å². The molecule has 0 amide bonds. The van der Waals surface area contributed by atoms with Crippen molar-refractivity contribution in [2.24, 2.45) is 0 Å². The molecule has 0 aliphatic heterocycles. The van der Waals surface area contributed by atoms with E-state index in [9.17, 15) is 9.90 Å². The predicted molar refractivity (Wildman–Crippen MR) is 258 cm³/mol. The van der Waals surface area contributed by atoms with Gasteiger partial charge in [0, 0.05) is 45.0 Å². The molecule has 0 heterocycles. The van der Waals surface area contributed by atoms with Gasteiger partial charge in [-0.2, -0.15) is 0 Å². The molecule has 0 spiro atoms. The molecule has 0 aromatic heterocycles. The number of hydrogen-bond donors (Lipinski definition) is 1. The molecule has 0 saturated heterocycles. The number of phenolic OH excluding ortho intramolecular Hbond substituents is 1. The van der Waals surface area contributed by atoms with Crippen molar-refractivity contribution in [1.29, 1.82) is 0 Å². The average molecular weight is 915 g/mol. The molecule has 0 radical (unpaired) electrons. The molecular formula is C52H56Cl4N2O4. The molecular weight excluding hydrogens is 858 g/mol. The number of hydrogen-bond acceptors (Lipinski definition) is 6. The van der Waals surface area contributed by atoms with E-state index in [1.54, 1.807) is 19.1 Å². The molecule has 62 heavy (non-hydrogen) atoms. The second kappa shape index (κ2) is 24.9. The minimum Gasteiger partial charge on any atom is -0.508 e. The zero-order valence-electron chi connectivity index (χ0n) is 35.8. The third kappa shape index (κ3) is 16.0. The minimum absolute atomic E-state index is 0.229. The number of carbonyl (C=O) groups excluding carboxylic acids is 1. The molecule has 0 aliphatic carbocycles. The summed E-state index contributed by atoms with van der Waals surface area (Å²) in [6, 6.07) is 47.7. The van der Waals surface area contributed by atoms with Gasteiger partial charge in [-0.1, -0.05) is 119 Å². The van der Waals surface area contributed by atoms with Crippen LogP contribution in [0.4, 0.5) is 0 Å². The Hall–Kier alpha value is -4.53. The van der Waals surface area contributed by atoms with Gasteiger partial charge in [0.25, 0.3) is 0 Å². The molecule has 326 valence electrons. The highest BCUT2D eigenvalue weighted by atomic mass is 35.5. The van der Waals surface area contributed by atoms with Crippen LogP contribution in [0.3, 0.4) is 0 Å². The van der Waals surface area contributed by atoms with Crippen molar-refractivity contribution in [2.45, 2.75) is 50.5 Å². The van der Waals surface area contributed by atoms with Crippen molar-refractivity contribution in [3.8, 4) is 11.5 Å². The van der Waals surface area contributed by atoms with Gasteiger partial charge in [0.2, 0.25) is 0 Å². The van der Waals surface area contributed by atoms with Gasteiger partial charge >= 0.3 is 5.97 Å². The average Bonchev–Trinajstić information content (AvgIpc) is 3.27. The van der Waals surface area contributed by atoms with Crippen LogP contribution in [-0.2, 0) is 22.4 Å². The van der Waals surface area contributed by atoms with Gasteiger partial charge in [-0.05, 0) is 166 Å². The van der Waals surface area contributed by atoms with Gasteiger partial charge in [0.05, 0.1) is 7.11 Å². The number of likely N-dealkylation sites (N-methyl/N-ethyl adjacent to an activating group) is 2. The van der Waals surface area contributed by atoms with E-state index < -0.39 is 6.10 Å². The lowest BCUT2D eigenvalue weighted by Crippen LogP contribution is -2.26. The monoisotopic (exact) mass is 912 g/mol. The number of aromatic hydroxyl groups is 1. The minimum atomic E-state index is -0.626. The first kappa shape index (κ1) is 48.5. The zero-order valence-corrected chi connectivity index (χ0v) is 38.8. The largest absolute Gasteiger partial charge is 0.508 e. The summed E-state index contributed by atoms with van der Waals surface area (Å²) in [7, 11) is 5.68. The number of ether oxygens (including phenoxy) is 2. The Morgan fingerprint density at radius 3 is 1.18 bits per heavy atom. The molecule has 6 aromatic rings. The number of aryl methyl sites for hydroxylation is 2. The van der Waals surface area contributed by atoms with E-state index in [4.69, 9.17) is 55.9 Å². The maximum atomic E-state index is 11.5. The molecule has 6 rings (SSSR count). The lowest BCUT2D eigenvalue weighted by molar-refractivity contribution is -0.147. The Labute approximate surface area is 387 Å². The Bertz CT molecular complexity index is 2130. The summed E-state index contributed by atoms with van der Waals surface area (Å²) in [5.74, 6) is 1.07. The smallest absolute Gasteiger partial charge is 0.346 e.